The van der Waals surface area contributed by atoms with Crippen LogP contribution in [0.4, 0.5) is 13.2 Å². The molecule has 1 nitrogen and oxygen atoms in total. The highest BCUT2D eigenvalue weighted by atomic mass is 19.3. The Hall–Kier alpha value is -1.03. The van der Waals surface area contributed by atoms with Gasteiger partial charge in [0, 0.05) is 13.0 Å². The molecule has 1 unspecified atom stereocenters. The Morgan fingerprint density at radius 1 is 1.40 bits per heavy atom. The Bertz CT molecular complexity index is 403. The number of alkyl halides is 2. The van der Waals surface area contributed by atoms with Crippen LogP contribution < -0.4 is 5.73 Å². The van der Waals surface area contributed by atoms with Crippen LogP contribution in [0.5, 0.6) is 0 Å². The van der Waals surface area contributed by atoms with E-state index in [2.05, 4.69) is 0 Å². The van der Waals surface area contributed by atoms with Crippen LogP contribution in [0.2, 0.25) is 0 Å². The number of nitrogens with two attached hydrogens (primary N) is 1. The Kier molecular flexibility index (Phi) is 2.08. The molecule has 15 heavy (non-hydrogen) atoms. The molecule has 0 spiro atoms. The molecule has 82 valence electrons. The van der Waals surface area contributed by atoms with Crippen molar-refractivity contribution in [2.45, 2.75) is 24.7 Å². The first-order chi connectivity index (χ1) is 6.93. The van der Waals surface area contributed by atoms with Crippen LogP contribution in [0.15, 0.2) is 18.2 Å². The van der Waals surface area contributed by atoms with E-state index < -0.39 is 17.2 Å². The highest BCUT2D eigenvalue weighted by molar-refractivity contribution is 5.43. The molecule has 1 atom stereocenters. The zero-order valence-corrected chi connectivity index (χ0v) is 8.36. The van der Waals surface area contributed by atoms with Gasteiger partial charge in [0.15, 0.2) is 0 Å². The van der Waals surface area contributed by atoms with E-state index in [1.54, 1.807) is 6.92 Å². The molecule has 1 saturated carbocycles. The normalized spacial score (nSPS) is 27.8. The first kappa shape index (κ1) is 10.5. The Morgan fingerprint density at radius 2 is 2.00 bits per heavy atom. The van der Waals surface area contributed by atoms with Gasteiger partial charge in [-0.2, -0.15) is 0 Å². The van der Waals surface area contributed by atoms with Gasteiger partial charge in [0.25, 0.3) is 5.92 Å². The highest BCUT2D eigenvalue weighted by Gasteiger charge is 2.71. The number of hydrogen-bond donors (Lipinski definition) is 1. The quantitative estimate of drug-likeness (QED) is 0.805. The minimum Gasteiger partial charge on any atom is -0.329 e. The van der Waals surface area contributed by atoms with Gasteiger partial charge in [0.2, 0.25) is 0 Å². The standard InChI is InChI=1S/C11H12F3N/c1-7-4-8(12)2-3-9(7)10(6-15)5-11(10,13)14/h2-4H,5-6,15H2,1H3. The van der Waals surface area contributed by atoms with Gasteiger partial charge < -0.3 is 5.73 Å². The lowest BCUT2D eigenvalue weighted by Gasteiger charge is -2.16. The predicted molar refractivity (Wildman–Crippen MR) is 51.4 cm³/mol. The third-order valence-corrected chi connectivity index (χ3v) is 3.15. The summed E-state index contributed by atoms with van der Waals surface area (Å²) in [5.41, 5.74) is 5.16. The summed E-state index contributed by atoms with van der Waals surface area (Å²) in [6.45, 7) is 1.52. The summed E-state index contributed by atoms with van der Waals surface area (Å²) in [5, 5.41) is 0. The minimum atomic E-state index is -2.75. The van der Waals surface area contributed by atoms with Gasteiger partial charge in [0.05, 0.1) is 5.41 Å². The fraction of sp³-hybridized carbons (Fsp3) is 0.455. The molecule has 0 amide bonds. The van der Waals surface area contributed by atoms with Gasteiger partial charge in [-0.05, 0) is 30.2 Å². The summed E-state index contributed by atoms with van der Waals surface area (Å²) in [6, 6.07) is 3.88. The van der Waals surface area contributed by atoms with E-state index in [0.29, 0.717) is 11.1 Å². The van der Waals surface area contributed by atoms with Gasteiger partial charge in [-0.25, -0.2) is 13.2 Å². The first-order valence-corrected chi connectivity index (χ1v) is 4.77. The first-order valence-electron chi connectivity index (χ1n) is 4.77. The fourth-order valence-electron chi connectivity index (χ4n) is 2.12. The van der Waals surface area contributed by atoms with E-state index in [4.69, 9.17) is 5.73 Å². The van der Waals surface area contributed by atoms with E-state index in [9.17, 15) is 13.2 Å². The largest absolute Gasteiger partial charge is 0.329 e. The van der Waals surface area contributed by atoms with Gasteiger partial charge in [-0.15, -0.1) is 0 Å². The maximum Gasteiger partial charge on any atom is 0.260 e. The summed E-state index contributed by atoms with van der Waals surface area (Å²) >= 11 is 0. The van der Waals surface area contributed by atoms with Gasteiger partial charge >= 0.3 is 0 Å². The van der Waals surface area contributed by atoms with E-state index >= 15 is 0 Å². The van der Waals surface area contributed by atoms with Crippen LogP contribution in [0.3, 0.4) is 0 Å². The average molecular weight is 215 g/mol. The second kappa shape index (κ2) is 2.98. The second-order valence-electron chi connectivity index (χ2n) is 4.13. The molecule has 0 saturated heterocycles. The molecule has 1 aliphatic rings. The van der Waals surface area contributed by atoms with Crippen molar-refractivity contribution >= 4 is 0 Å². The van der Waals surface area contributed by atoms with Crippen LogP contribution in [-0.4, -0.2) is 12.5 Å². The minimum absolute atomic E-state index is 0.105. The summed E-state index contributed by atoms with van der Waals surface area (Å²) < 4.78 is 39.3. The van der Waals surface area contributed by atoms with Crippen LogP contribution >= 0.6 is 0 Å². The molecule has 1 aliphatic carbocycles. The summed E-state index contributed by atoms with van der Waals surface area (Å²) in [4.78, 5) is 0. The highest BCUT2D eigenvalue weighted by Crippen LogP contribution is 2.61. The lowest BCUT2D eigenvalue weighted by atomic mass is 9.91. The lowest BCUT2D eigenvalue weighted by molar-refractivity contribution is 0.0894. The smallest absolute Gasteiger partial charge is 0.260 e. The summed E-state index contributed by atoms with van der Waals surface area (Å²) in [7, 11) is 0. The zero-order valence-electron chi connectivity index (χ0n) is 8.36. The Labute approximate surface area is 86.1 Å². The van der Waals surface area contributed by atoms with Gasteiger partial charge in [-0.3, -0.25) is 0 Å². The molecular formula is C11H12F3N. The third-order valence-electron chi connectivity index (χ3n) is 3.15. The molecule has 2 N–H and O–H groups in total. The molecule has 1 aromatic carbocycles. The number of benzene rings is 1. The van der Waals surface area contributed by atoms with Crippen molar-refractivity contribution in [3.05, 3.63) is 35.1 Å². The molecule has 0 aliphatic heterocycles. The van der Waals surface area contributed by atoms with Crippen LogP contribution in [0, 0.1) is 12.7 Å². The zero-order chi connectivity index (χ0) is 11.3. The fourth-order valence-corrected chi connectivity index (χ4v) is 2.12. The van der Waals surface area contributed by atoms with Crippen molar-refractivity contribution in [3.8, 4) is 0 Å². The van der Waals surface area contributed by atoms with Crippen molar-refractivity contribution in [2.75, 3.05) is 6.54 Å². The maximum absolute atomic E-state index is 13.2. The summed E-state index contributed by atoms with van der Waals surface area (Å²) in [6.07, 6.45) is -0.233. The van der Waals surface area contributed by atoms with Crippen molar-refractivity contribution in [1.82, 2.24) is 0 Å². The molecule has 0 bridgehead atoms. The molecule has 1 fully saturated rings. The predicted octanol–water partition coefficient (Wildman–Crippen LogP) is 2.37. The Balaban J connectivity index is 2.46. The SMILES string of the molecule is Cc1cc(F)ccc1C1(CN)CC1(F)F. The number of halogens is 3. The molecule has 0 heterocycles. The molecule has 0 aromatic heterocycles. The van der Waals surface area contributed by atoms with Crippen LogP contribution in [0.1, 0.15) is 17.5 Å². The lowest BCUT2D eigenvalue weighted by Crippen LogP contribution is -2.27. The Morgan fingerprint density at radius 3 is 2.40 bits per heavy atom. The van der Waals surface area contributed by atoms with Crippen molar-refractivity contribution in [3.63, 3.8) is 0 Å². The van der Waals surface area contributed by atoms with Crippen molar-refractivity contribution in [1.29, 1.82) is 0 Å². The third kappa shape index (κ3) is 1.35. The van der Waals surface area contributed by atoms with Crippen LogP contribution in [0.25, 0.3) is 0 Å². The summed E-state index contributed by atoms with van der Waals surface area (Å²) in [5.74, 6) is -3.16. The molecule has 4 heteroatoms. The number of aryl methyl sites for hydroxylation is 1. The second-order valence-corrected chi connectivity index (χ2v) is 4.13. The topological polar surface area (TPSA) is 26.0 Å². The van der Waals surface area contributed by atoms with E-state index in [1.807, 2.05) is 0 Å². The number of hydrogen-bond acceptors (Lipinski definition) is 1. The molecule has 2 rings (SSSR count). The maximum atomic E-state index is 13.2. The molecule has 1 aromatic rings. The van der Waals surface area contributed by atoms with E-state index in [1.165, 1.54) is 18.2 Å². The van der Waals surface area contributed by atoms with E-state index in [-0.39, 0.29) is 13.0 Å². The average Bonchev–Trinajstić information content (AvgIpc) is 2.69. The van der Waals surface area contributed by atoms with E-state index in [0.717, 1.165) is 0 Å². The number of rotatable bonds is 2. The van der Waals surface area contributed by atoms with Crippen LogP contribution in [-0.2, 0) is 5.41 Å². The monoisotopic (exact) mass is 215 g/mol. The molecular weight excluding hydrogens is 203 g/mol. The van der Waals surface area contributed by atoms with Gasteiger partial charge in [-0.1, -0.05) is 6.07 Å². The van der Waals surface area contributed by atoms with Crippen molar-refractivity contribution < 1.29 is 13.2 Å². The van der Waals surface area contributed by atoms with Gasteiger partial charge in [0.1, 0.15) is 5.82 Å². The van der Waals surface area contributed by atoms with Crippen molar-refractivity contribution in [2.24, 2.45) is 5.73 Å². The molecule has 0 radical (unpaired) electrons.